The molecule has 0 spiro atoms. The molecule has 26 heavy (non-hydrogen) atoms. The van der Waals surface area contributed by atoms with Crippen molar-refractivity contribution in [2.45, 2.75) is 25.7 Å². The van der Waals surface area contributed by atoms with E-state index in [9.17, 15) is 4.79 Å². The Kier molecular flexibility index (Phi) is 6.64. The van der Waals surface area contributed by atoms with Crippen molar-refractivity contribution in [1.29, 1.82) is 0 Å². The largest absolute Gasteiger partial charge is 0.370 e. The fraction of sp³-hybridized carbons (Fsp3) is 0.421. The Morgan fingerprint density at radius 2 is 1.88 bits per heavy atom. The number of unbranched alkanes of at least 4 members (excludes halogenated alkanes) is 1. The van der Waals surface area contributed by atoms with Crippen LogP contribution in [0.3, 0.4) is 0 Å². The van der Waals surface area contributed by atoms with Gasteiger partial charge in [0.1, 0.15) is 11.6 Å². The molecule has 7 nitrogen and oxygen atoms in total. The van der Waals surface area contributed by atoms with Crippen molar-refractivity contribution < 1.29 is 4.79 Å². The second-order valence-electron chi connectivity index (χ2n) is 6.33. The van der Waals surface area contributed by atoms with Gasteiger partial charge in [-0.2, -0.15) is 0 Å². The molecule has 2 aromatic rings. The Labute approximate surface area is 154 Å². The molecule has 0 unspecified atom stereocenters. The van der Waals surface area contributed by atoms with Crippen molar-refractivity contribution >= 4 is 23.4 Å². The molecule has 0 bridgehead atoms. The van der Waals surface area contributed by atoms with Gasteiger partial charge in [0.05, 0.1) is 11.9 Å². The lowest BCUT2D eigenvalue weighted by molar-refractivity contribution is 0.252. The number of aromatic nitrogens is 2. The topological polar surface area (TPSA) is 82.2 Å². The molecular weight excluding hydrogens is 328 g/mol. The first-order valence-electron chi connectivity index (χ1n) is 9.22. The Morgan fingerprint density at radius 3 is 2.62 bits per heavy atom. The van der Waals surface area contributed by atoms with Crippen LogP contribution in [-0.4, -0.2) is 42.2 Å². The summed E-state index contributed by atoms with van der Waals surface area (Å²) in [5.41, 5.74) is 0.710. The standard InChI is InChI=1S/C19H26N6O/c26-19(22-12-4-3-11-21-17-7-1-2-10-20-17)24-16-8-9-18(23-15-16)25-13-5-6-14-25/h1-2,7-10,15H,3-6,11-14H2,(H,20,21)(H2,22,24,26). The zero-order valence-corrected chi connectivity index (χ0v) is 14.9. The minimum absolute atomic E-state index is 0.196. The zero-order valence-electron chi connectivity index (χ0n) is 14.9. The van der Waals surface area contributed by atoms with E-state index >= 15 is 0 Å². The van der Waals surface area contributed by atoms with Crippen molar-refractivity contribution in [3.05, 3.63) is 42.7 Å². The quantitative estimate of drug-likeness (QED) is 0.635. The molecule has 7 heteroatoms. The van der Waals surface area contributed by atoms with Gasteiger partial charge in [0.15, 0.2) is 0 Å². The first-order valence-corrected chi connectivity index (χ1v) is 9.22. The van der Waals surface area contributed by atoms with Gasteiger partial charge in [-0.3, -0.25) is 0 Å². The van der Waals surface area contributed by atoms with E-state index in [0.29, 0.717) is 12.2 Å². The fourth-order valence-corrected chi connectivity index (χ4v) is 2.90. The van der Waals surface area contributed by atoms with E-state index in [1.807, 2.05) is 30.3 Å². The van der Waals surface area contributed by atoms with Crippen molar-refractivity contribution in [2.75, 3.05) is 41.7 Å². The van der Waals surface area contributed by atoms with Gasteiger partial charge in [-0.1, -0.05) is 6.07 Å². The summed E-state index contributed by atoms with van der Waals surface area (Å²) in [7, 11) is 0. The average molecular weight is 354 g/mol. The van der Waals surface area contributed by atoms with Gasteiger partial charge in [-0.05, 0) is 49.9 Å². The summed E-state index contributed by atoms with van der Waals surface area (Å²) in [5.74, 6) is 1.86. The van der Waals surface area contributed by atoms with Crippen LogP contribution in [0, 0.1) is 0 Å². The third kappa shape index (κ3) is 5.61. The molecule has 0 aliphatic carbocycles. The van der Waals surface area contributed by atoms with E-state index in [1.165, 1.54) is 12.8 Å². The number of nitrogens with one attached hydrogen (secondary N) is 3. The Bertz CT molecular complexity index is 670. The van der Waals surface area contributed by atoms with Crippen LogP contribution < -0.4 is 20.9 Å². The molecule has 3 heterocycles. The molecule has 0 saturated carbocycles. The van der Waals surface area contributed by atoms with Crippen LogP contribution in [0.5, 0.6) is 0 Å². The molecule has 2 aromatic heterocycles. The van der Waals surface area contributed by atoms with E-state index < -0.39 is 0 Å². The molecule has 1 aliphatic heterocycles. The molecule has 2 amide bonds. The smallest absolute Gasteiger partial charge is 0.319 e. The molecule has 0 atom stereocenters. The highest BCUT2D eigenvalue weighted by Gasteiger charge is 2.13. The second kappa shape index (κ2) is 9.60. The van der Waals surface area contributed by atoms with Crippen LogP contribution in [0.4, 0.5) is 22.1 Å². The number of carbonyl (C=O) groups is 1. The summed E-state index contributed by atoms with van der Waals surface area (Å²) in [6.45, 7) is 3.60. The number of pyridine rings is 2. The minimum atomic E-state index is -0.196. The summed E-state index contributed by atoms with van der Waals surface area (Å²) in [6.07, 6.45) is 7.79. The first-order chi connectivity index (χ1) is 12.8. The van der Waals surface area contributed by atoms with Crippen LogP contribution in [0.2, 0.25) is 0 Å². The van der Waals surface area contributed by atoms with Crippen molar-refractivity contribution in [3.63, 3.8) is 0 Å². The third-order valence-electron chi connectivity index (χ3n) is 4.30. The van der Waals surface area contributed by atoms with Crippen LogP contribution >= 0.6 is 0 Å². The molecular formula is C19H26N6O. The Balaban J connectivity index is 1.29. The lowest BCUT2D eigenvalue weighted by Crippen LogP contribution is -2.29. The van der Waals surface area contributed by atoms with Gasteiger partial charge < -0.3 is 20.9 Å². The summed E-state index contributed by atoms with van der Waals surface area (Å²) in [4.78, 5) is 22.8. The molecule has 0 aromatic carbocycles. The molecule has 1 fully saturated rings. The zero-order chi connectivity index (χ0) is 18.0. The van der Waals surface area contributed by atoms with Crippen molar-refractivity contribution in [2.24, 2.45) is 0 Å². The maximum atomic E-state index is 11.9. The van der Waals surface area contributed by atoms with Gasteiger partial charge in [0.25, 0.3) is 0 Å². The fourth-order valence-electron chi connectivity index (χ4n) is 2.90. The average Bonchev–Trinajstić information content (AvgIpc) is 3.21. The summed E-state index contributed by atoms with van der Waals surface area (Å²) < 4.78 is 0. The van der Waals surface area contributed by atoms with Gasteiger partial charge >= 0.3 is 6.03 Å². The second-order valence-corrected chi connectivity index (χ2v) is 6.33. The third-order valence-corrected chi connectivity index (χ3v) is 4.30. The number of hydrogen-bond acceptors (Lipinski definition) is 5. The maximum Gasteiger partial charge on any atom is 0.319 e. The van der Waals surface area contributed by atoms with Crippen LogP contribution in [0.25, 0.3) is 0 Å². The lowest BCUT2D eigenvalue weighted by Gasteiger charge is -2.16. The predicted molar refractivity (Wildman–Crippen MR) is 105 cm³/mol. The lowest BCUT2D eigenvalue weighted by atomic mass is 10.3. The molecule has 1 aliphatic rings. The number of carbonyl (C=O) groups excluding carboxylic acids is 1. The number of anilines is 3. The van der Waals surface area contributed by atoms with E-state index in [-0.39, 0.29) is 6.03 Å². The van der Waals surface area contributed by atoms with Gasteiger partial charge in [-0.15, -0.1) is 0 Å². The van der Waals surface area contributed by atoms with E-state index in [0.717, 1.165) is 44.1 Å². The first kappa shape index (κ1) is 18.0. The molecule has 0 radical (unpaired) electrons. The monoisotopic (exact) mass is 354 g/mol. The van der Waals surface area contributed by atoms with Gasteiger partial charge in [0, 0.05) is 32.4 Å². The van der Waals surface area contributed by atoms with Gasteiger partial charge in [0.2, 0.25) is 0 Å². The maximum absolute atomic E-state index is 11.9. The van der Waals surface area contributed by atoms with Crippen molar-refractivity contribution in [1.82, 2.24) is 15.3 Å². The highest BCUT2D eigenvalue weighted by Crippen LogP contribution is 2.18. The molecule has 3 rings (SSSR count). The Hall–Kier alpha value is -2.83. The number of rotatable bonds is 8. The van der Waals surface area contributed by atoms with Crippen LogP contribution in [-0.2, 0) is 0 Å². The summed E-state index contributed by atoms with van der Waals surface area (Å²) in [5, 5.41) is 8.94. The van der Waals surface area contributed by atoms with E-state index in [2.05, 4.69) is 30.8 Å². The van der Waals surface area contributed by atoms with E-state index in [1.54, 1.807) is 12.4 Å². The SMILES string of the molecule is O=C(NCCCCNc1ccccn1)Nc1ccc(N2CCCC2)nc1. The van der Waals surface area contributed by atoms with Crippen LogP contribution in [0.15, 0.2) is 42.7 Å². The number of amides is 2. The summed E-state index contributed by atoms with van der Waals surface area (Å²) in [6, 6.07) is 9.45. The molecule has 3 N–H and O–H groups in total. The predicted octanol–water partition coefficient (Wildman–Crippen LogP) is 3.09. The normalized spacial score (nSPS) is 13.5. The number of nitrogens with zero attached hydrogens (tertiary/aromatic N) is 3. The summed E-state index contributed by atoms with van der Waals surface area (Å²) >= 11 is 0. The molecule has 138 valence electrons. The van der Waals surface area contributed by atoms with Crippen molar-refractivity contribution in [3.8, 4) is 0 Å². The number of hydrogen-bond donors (Lipinski definition) is 3. The van der Waals surface area contributed by atoms with E-state index in [4.69, 9.17) is 0 Å². The number of urea groups is 1. The van der Waals surface area contributed by atoms with Gasteiger partial charge in [-0.25, -0.2) is 14.8 Å². The van der Waals surface area contributed by atoms with Crippen LogP contribution in [0.1, 0.15) is 25.7 Å². The molecule has 1 saturated heterocycles. The highest BCUT2D eigenvalue weighted by molar-refractivity contribution is 5.89. The highest BCUT2D eigenvalue weighted by atomic mass is 16.2. The Morgan fingerprint density at radius 1 is 1.04 bits per heavy atom. The minimum Gasteiger partial charge on any atom is -0.370 e.